The van der Waals surface area contributed by atoms with Gasteiger partial charge >= 0.3 is 6.03 Å². The molecule has 3 amide bonds. The van der Waals surface area contributed by atoms with Crippen molar-refractivity contribution in [1.29, 1.82) is 0 Å². The van der Waals surface area contributed by atoms with Crippen LogP contribution in [0.15, 0.2) is 83.1 Å². The smallest absolute Gasteiger partial charge is 0.328 e. The maximum absolute atomic E-state index is 12.8. The third-order valence-electron chi connectivity index (χ3n) is 5.80. The third kappa shape index (κ3) is 8.07. The molecule has 0 saturated carbocycles. The molecule has 0 atom stereocenters. The van der Waals surface area contributed by atoms with Crippen molar-refractivity contribution in [3.05, 3.63) is 73.1 Å². The van der Waals surface area contributed by atoms with Crippen LogP contribution < -0.4 is 20.1 Å². The van der Waals surface area contributed by atoms with Crippen molar-refractivity contribution in [1.82, 2.24) is 29.8 Å². The lowest BCUT2D eigenvalue weighted by Gasteiger charge is -2.12. The Morgan fingerprint density at radius 3 is 2.33 bits per heavy atom. The predicted octanol–water partition coefficient (Wildman–Crippen LogP) is 4.25. The first kappa shape index (κ1) is 30.5. The van der Waals surface area contributed by atoms with Crippen molar-refractivity contribution >= 4 is 39.4 Å². The fourth-order valence-electron chi connectivity index (χ4n) is 3.78. The number of ether oxygens (including phenoxy) is 1. The molecule has 12 nitrogen and oxygen atoms in total. The molecular weight excluding hydrogens is 578 g/mol. The van der Waals surface area contributed by atoms with Crippen molar-refractivity contribution < 1.29 is 22.7 Å². The Balaban J connectivity index is 1.43. The summed E-state index contributed by atoms with van der Waals surface area (Å²) < 4.78 is 34.4. The van der Waals surface area contributed by atoms with Crippen LogP contribution >= 0.6 is 11.8 Å². The number of carbonyl (C=O) groups excluding carboxylic acids is 2. The number of carbonyl (C=O) groups is 2. The van der Waals surface area contributed by atoms with Gasteiger partial charge in [0.05, 0.1) is 17.3 Å². The second-order valence-corrected chi connectivity index (χ2v) is 11.5. The van der Waals surface area contributed by atoms with E-state index in [4.69, 9.17) is 4.74 Å². The van der Waals surface area contributed by atoms with E-state index in [0.29, 0.717) is 29.8 Å². The van der Waals surface area contributed by atoms with E-state index in [0.717, 1.165) is 29.8 Å². The highest BCUT2D eigenvalue weighted by molar-refractivity contribution is 7.99. The molecule has 220 valence electrons. The van der Waals surface area contributed by atoms with Gasteiger partial charge < -0.3 is 15.4 Å². The van der Waals surface area contributed by atoms with Crippen LogP contribution in [0.25, 0.3) is 17.1 Å². The number of urea groups is 1. The Kier molecular flexibility index (Phi) is 10.5. The van der Waals surface area contributed by atoms with Crippen LogP contribution in [-0.4, -0.2) is 59.0 Å². The number of nitrogens with one attached hydrogen (secondary N) is 3. The Morgan fingerprint density at radius 2 is 1.67 bits per heavy atom. The number of unbranched alkanes of at least 4 members (excludes halogenated alkanes) is 1. The zero-order chi connectivity index (χ0) is 30.0. The normalized spacial score (nSPS) is 11.1. The molecule has 3 N–H and O–H groups in total. The average molecular weight is 610 g/mol. The number of aromatic nitrogens is 4. The first-order valence-corrected chi connectivity index (χ1v) is 15.7. The minimum absolute atomic E-state index is 0.0189. The minimum Gasteiger partial charge on any atom is -0.494 e. The van der Waals surface area contributed by atoms with Crippen LogP contribution in [0.5, 0.6) is 5.75 Å². The Morgan fingerprint density at radius 1 is 0.952 bits per heavy atom. The third-order valence-corrected chi connectivity index (χ3v) is 8.08. The molecule has 2 aromatic carbocycles. The van der Waals surface area contributed by atoms with Gasteiger partial charge in [0.15, 0.2) is 11.0 Å². The monoisotopic (exact) mass is 609 g/mol. The summed E-state index contributed by atoms with van der Waals surface area (Å²) in [5, 5.41) is 14.5. The highest BCUT2D eigenvalue weighted by atomic mass is 32.2. The number of hydrogen-bond acceptors (Lipinski definition) is 9. The van der Waals surface area contributed by atoms with E-state index in [-0.39, 0.29) is 16.6 Å². The molecular formula is C28H31N7O5S2. The molecule has 0 unspecified atom stereocenters. The quantitative estimate of drug-likeness (QED) is 0.149. The number of rotatable bonds is 13. The van der Waals surface area contributed by atoms with E-state index in [1.165, 1.54) is 36.0 Å². The maximum atomic E-state index is 12.8. The van der Waals surface area contributed by atoms with Crippen LogP contribution in [0.2, 0.25) is 0 Å². The van der Waals surface area contributed by atoms with Crippen molar-refractivity contribution in [2.45, 2.75) is 36.7 Å². The summed E-state index contributed by atoms with van der Waals surface area (Å²) in [5.74, 6) is 1.02. The van der Waals surface area contributed by atoms with E-state index in [9.17, 15) is 18.0 Å². The number of amides is 3. The number of benzene rings is 2. The fraction of sp³-hybridized carbons (Fsp3) is 0.250. The summed E-state index contributed by atoms with van der Waals surface area (Å²) >= 11 is 1.20. The number of pyridine rings is 1. The van der Waals surface area contributed by atoms with Gasteiger partial charge in [-0.1, -0.05) is 25.1 Å². The SMILES string of the molecule is CCCCNC(=O)NS(=O)(=O)c1ccc(NC(=O)CSc2nnc(-c3ccncc3)n2-c2ccc(OCC)cc2)cc1. The number of thioether (sulfide) groups is 1. The van der Waals surface area contributed by atoms with Gasteiger partial charge in [0.1, 0.15) is 5.75 Å². The molecule has 4 rings (SSSR count). The van der Waals surface area contributed by atoms with Crippen molar-refractivity contribution in [2.24, 2.45) is 0 Å². The fourth-order valence-corrected chi connectivity index (χ4v) is 5.46. The van der Waals surface area contributed by atoms with Gasteiger partial charge in [-0.05, 0) is 74.0 Å². The van der Waals surface area contributed by atoms with Gasteiger partial charge in [-0.15, -0.1) is 10.2 Å². The molecule has 0 aliphatic rings. The van der Waals surface area contributed by atoms with Crippen molar-refractivity contribution in [3.63, 3.8) is 0 Å². The van der Waals surface area contributed by atoms with Gasteiger partial charge in [0.2, 0.25) is 5.91 Å². The van der Waals surface area contributed by atoms with Crippen LogP contribution in [0.1, 0.15) is 26.7 Å². The summed E-state index contributed by atoms with van der Waals surface area (Å²) in [7, 11) is -4.05. The number of sulfonamides is 1. The van der Waals surface area contributed by atoms with E-state index < -0.39 is 16.1 Å². The van der Waals surface area contributed by atoms with Gasteiger partial charge in [-0.3, -0.25) is 14.3 Å². The van der Waals surface area contributed by atoms with Crippen LogP contribution in [0, 0.1) is 0 Å². The molecule has 0 aliphatic heterocycles. The zero-order valence-corrected chi connectivity index (χ0v) is 24.7. The molecule has 14 heteroatoms. The van der Waals surface area contributed by atoms with E-state index in [2.05, 4.69) is 25.8 Å². The molecule has 42 heavy (non-hydrogen) atoms. The van der Waals surface area contributed by atoms with Crippen molar-refractivity contribution in [2.75, 3.05) is 24.2 Å². The summed E-state index contributed by atoms with van der Waals surface area (Å²) in [5.41, 5.74) is 2.01. The lowest BCUT2D eigenvalue weighted by Crippen LogP contribution is -2.39. The second-order valence-electron chi connectivity index (χ2n) is 8.88. The Hall–Kier alpha value is -4.43. The molecule has 0 radical (unpaired) electrons. The molecule has 0 saturated heterocycles. The molecule has 0 fully saturated rings. The van der Waals surface area contributed by atoms with Crippen LogP contribution in [-0.2, 0) is 14.8 Å². The average Bonchev–Trinajstić information content (AvgIpc) is 3.41. The summed E-state index contributed by atoms with van der Waals surface area (Å²) in [6.07, 6.45) is 4.95. The highest BCUT2D eigenvalue weighted by Crippen LogP contribution is 2.29. The minimum atomic E-state index is -4.05. The standard InChI is InChI=1S/C28H31N7O5S2/c1-3-5-16-30-27(37)34-42(38,39)24-12-6-21(7-13-24)31-25(36)19-41-28-33-32-26(20-14-17-29-18-15-20)35(28)22-8-10-23(11-9-22)40-4-2/h6-15,17-18H,3-5,16,19H2,1-2H3,(H,31,36)(H2,30,34,37). The number of anilines is 1. The van der Waals surface area contributed by atoms with E-state index in [1.807, 2.05) is 59.5 Å². The largest absolute Gasteiger partial charge is 0.494 e. The molecule has 2 aromatic heterocycles. The van der Waals surface area contributed by atoms with Gasteiger partial charge in [-0.25, -0.2) is 17.9 Å². The van der Waals surface area contributed by atoms with Gasteiger partial charge in [0, 0.05) is 35.9 Å². The van der Waals surface area contributed by atoms with Gasteiger partial charge in [-0.2, -0.15) is 0 Å². The zero-order valence-electron chi connectivity index (χ0n) is 23.1. The summed E-state index contributed by atoms with van der Waals surface area (Å²) in [6, 6.07) is 15.9. The van der Waals surface area contributed by atoms with Crippen LogP contribution in [0.3, 0.4) is 0 Å². The first-order valence-electron chi connectivity index (χ1n) is 13.2. The topological polar surface area (TPSA) is 157 Å². The lowest BCUT2D eigenvalue weighted by atomic mass is 10.2. The summed E-state index contributed by atoms with van der Waals surface area (Å²) in [6.45, 7) is 4.81. The molecule has 0 aliphatic carbocycles. The Labute approximate surface area is 248 Å². The Bertz CT molecular complexity index is 1590. The molecule has 4 aromatic rings. The predicted molar refractivity (Wildman–Crippen MR) is 160 cm³/mol. The summed E-state index contributed by atoms with van der Waals surface area (Å²) in [4.78, 5) is 28.6. The van der Waals surface area contributed by atoms with Crippen LogP contribution in [0.4, 0.5) is 10.5 Å². The van der Waals surface area contributed by atoms with Gasteiger partial charge in [0.25, 0.3) is 10.0 Å². The highest BCUT2D eigenvalue weighted by Gasteiger charge is 2.19. The number of nitrogens with zero attached hydrogens (tertiary/aromatic N) is 4. The first-order chi connectivity index (χ1) is 20.3. The maximum Gasteiger partial charge on any atom is 0.328 e. The number of hydrogen-bond donors (Lipinski definition) is 3. The second kappa shape index (κ2) is 14.5. The molecule has 0 bridgehead atoms. The van der Waals surface area contributed by atoms with Crippen molar-refractivity contribution in [3.8, 4) is 22.8 Å². The van der Waals surface area contributed by atoms with E-state index >= 15 is 0 Å². The molecule has 0 spiro atoms. The molecule has 2 heterocycles. The van der Waals surface area contributed by atoms with E-state index in [1.54, 1.807) is 12.4 Å². The lowest BCUT2D eigenvalue weighted by molar-refractivity contribution is -0.113.